The van der Waals surface area contributed by atoms with Crippen molar-refractivity contribution in [3.05, 3.63) is 67.0 Å². The molecule has 0 bridgehead atoms. The molecular formula is C20H17F3N4O2. The summed E-state index contributed by atoms with van der Waals surface area (Å²) >= 11 is 0. The number of hydrogen-bond donors (Lipinski definition) is 1. The van der Waals surface area contributed by atoms with Gasteiger partial charge in [0.2, 0.25) is 5.88 Å². The number of aromatic nitrogens is 2. The second kappa shape index (κ2) is 8.09. The summed E-state index contributed by atoms with van der Waals surface area (Å²) in [6.07, 6.45) is -0.402. The van der Waals surface area contributed by atoms with Crippen LogP contribution in [0.5, 0.6) is 17.4 Å². The van der Waals surface area contributed by atoms with Crippen molar-refractivity contribution in [2.45, 2.75) is 6.36 Å². The van der Waals surface area contributed by atoms with E-state index in [4.69, 9.17) is 10.5 Å². The zero-order valence-corrected chi connectivity index (χ0v) is 15.3. The van der Waals surface area contributed by atoms with Crippen LogP contribution in [0.25, 0.3) is 6.08 Å². The highest BCUT2D eigenvalue weighted by molar-refractivity contribution is 5.70. The maximum atomic E-state index is 12.6. The lowest BCUT2D eigenvalue weighted by molar-refractivity contribution is -0.274. The molecule has 0 radical (unpaired) electrons. The van der Waals surface area contributed by atoms with Gasteiger partial charge in [-0.15, -0.1) is 13.2 Å². The second-order valence-electron chi connectivity index (χ2n) is 5.88. The largest absolute Gasteiger partial charge is 0.573 e. The Labute approximate surface area is 165 Å². The number of pyridine rings is 2. The molecule has 29 heavy (non-hydrogen) atoms. The van der Waals surface area contributed by atoms with Crippen LogP contribution in [-0.4, -0.2) is 23.4 Å². The first-order valence-corrected chi connectivity index (χ1v) is 8.37. The van der Waals surface area contributed by atoms with Crippen LogP contribution in [0.2, 0.25) is 0 Å². The van der Waals surface area contributed by atoms with Gasteiger partial charge in [0.05, 0.1) is 17.6 Å². The topological polar surface area (TPSA) is 73.5 Å². The van der Waals surface area contributed by atoms with Crippen LogP contribution in [0.1, 0.15) is 5.56 Å². The molecular weight excluding hydrogens is 385 g/mol. The van der Waals surface area contributed by atoms with Crippen molar-refractivity contribution < 1.29 is 22.6 Å². The molecule has 2 aromatic heterocycles. The Hall–Kier alpha value is -3.75. The van der Waals surface area contributed by atoms with Crippen LogP contribution in [0.3, 0.4) is 0 Å². The van der Waals surface area contributed by atoms with Gasteiger partial charge >= 0.3 is 6.36 Å². The van der Waals surface area contributed by atoms with Gasteiger partial charge in [0.25, 0.3) is 0 Å². The number of halogens is 3. The summed E-state index contributed by atoms with van der Waals surface area (Å²) in [6.45, 7) is 3.47. The summed E-state index contributed by atoms with van der Waals surface area (Å²) < 4.78 is 47.3. The molecule has 0 saturated carbocycles. The van der Waals surface area contributed by atoms with Crippen molar-refractivity contribution in [2.24, 2.45) is 0 Å². The van der Waals surface area contributed by atoms with E-state index in [0.717, 1.165) is 6.07 Å². The highest BCUT2D eigenvalue weighted by Crippen LogP contribution is 2.33. The van der Waals surface area contributed by atoms with E-state index in [-0.39, 0.29) is 17.2 Å². The van der Waals surface area contributed by atoms with Gasteiger partial charge < -0.3 is 20.1 Å². The monoisotopic (exact) mass is 402 g/mol. The average molecular weight is 402 g/mol. The Morgan fingerprint density at radius 1 is 1.14 bits per heavy atom. The molecule has 0 fully saturated rings. The van der Waals surface area contributed by atoms with E-state index in [2.05, 4.69) is 21.3 Å². The second-order valence-corrected chi connectivity index (χ2v) is 5.88. The van der Waals surface area contributed by atoms with Crippen LogP contribution >= 0.6 is 0 Å². The number of alkyl halides is 3. The maximum Gasteiger partial charge on any atom is 0.573 e. The van der Waals surface area contributed by atoms with E-state index in [0.29, 0.717) is 17.2 Å². The molecule has 6 nitrogen and oxygen atoms in total. The van der Waals surface area contributed by atoms with Crippen molar-refractivity contribution in [2.75, 3.05) is 17.7 Å². The van der Waals surface area contributed by atoms with Gasteiger partial charge in [0.1, 0.15) is 11.5 Å². The number of ether oxygens (including phenoxy) is 2. The van der Waals surface area contributed by atoms with Crippen molar-refractivity contribution in [1.82, 2.24) is 9.97 Å². The van der Waals surface area contributed by atoms with Crippen molar-refractivity contribution >= 4 is 23.3 Å². The molecule has 0 aliphatic carbocycles. The number of nitrogens with zero attached hydrogens (tertiary/aromatic N) is 3. The molecule has 150 valence electrons. The van der Waals surface area contributed by atoms with Gasteiger partial charge in [-0.1, -0.05) is 12.7 Å². The number of hydrogen-bond acceptors (Lipinski definition) is 6. The van der Waals surface area contributed by atoms with Gasteiger partial charge in [0, 0.05) is 30.9 Å². The Morgan fingerprint density at radius 2 is 1.93 bits per heavy atom. The molecule has 9 heteroatoms. The third-order valence-electron chi connectivity index (χ3n) is 3.90. The van der Waals surface area contributed by atoms with Crippen LogP contribution in [0.15, 0.2) is 61.4 Å². The summed E-state index contributed by atoms with van der Waals surface area (Å²) in [5.41, 5.74) is 7.32. The van der Waals surface area contributed by atoms with E-state index in [1.54, 1.807) is 42.4 Å². The van der Waals surface area contributed by atoms with Crippen LogP contribution in [0, 0.1) is 0 Å². The van der Waals surface area contributed by atoms with Crippen LogP contribution in [0.4, 0.5) is 30.4 Å². The van der Waals surface area contributed by atoms with Crippen molar-refractivity contribution in [3.8, 4) is 17.4 Å². The molecule has 0 atom stereocenters. The predicted molar refractivity (Wildman–Crippen MR) is 104 cm³/mol. The summed E-state index contributed by atoms with van der Waals surface area (Å²) in [5, 5.41) is 0. The first-order chi connectivity index (χ1) is 13.8. The first-order valence-electron chi connectivity index (χ1n) is 8.37. The summed E-state index contributed by atoms with van der Waals surface area (Å²) in [6, 6.07) is 10.8. The molecule has 0 saturated heterocycles. The average Bonchev–Trinajstić information content (AvgIpc) is 2.67. The lowest BCUT2D eigenvalue weighted by Crippen LogP contribution is -2.17. The van der Waals surface area contributed by atoms with Crippen molar-refractivity contribution in [1.29, 1.82) is 0 Å². The van der Waals surface area contributed by atoms with Gasteiger partial charge in [-0.25, -0.2) is 9.97 Å². The highest BCUT2D eigenvalue weighted by atomic mass is 19.4. The van der Waals surface area contributed by atoms with Crippen LogP contribution in [-0.2, 0) is 0 Å². The minimum atomic E-state index is -4.83. The number of nitrogens with two attached hydrogens (primary N) is 1. The number of benzene rings is 1. The molecule has 3 aromatic rings. The SMILES string of the molecule is C=Cc1ccc(Oc2ccc(N(C)c3ncccc3N)cn2)cc1OC(F)(F)F. The van der Waals surface area contributed by atoms with E-state index < -0.39 is 12.1 Å². The first kappa shape index (κ1) is 20.0. The van der Waals surface area contributed by atoms with Crippen molar-refractivity contribution in [3.63, 3.8) is 0 Å². The van der Waals surface area contributed by atoms with E-state index in [1.807, 2.05) is 0 Å². The fourth-order valence-corrected chi connectivity index (χ4v) is 2.52. The van der Waals surface area contributed by atoms with Gasteiger partial charge in [-0.05, 0) is 30.3 Å². The van der Waals surface area contributed by atoms with E-state index >= 15 is 0 Å². The van der Waals surface area contributed by atoms with Gasteiger partial charge in [-0.2, -0.15) is 0 Å². The molecule has 0 aliphatic rings. The minimum Gasteiger partial charge on any atom is -0.439 e. The molecule has 0 amide bonds. The Morgan fingerprint density at radius 3 is 2.55 bits per heavy atom. The lowest BCUT2D eigenvalue weighted by atomic mass is 10.2. The summed E-state index contributed by atoms with van der Waals surface area (Å²) in [7, 11) is 1.78. The Kier molecular flexibility index (Phi) is 5.58. The lowest BCUT2D eigenvalue weighted by Gasteiger charge is -2.19. The molecule has 0 aliphatic heterocycles. The third kappa shape index (κ3) is 4.95. The third-order valence-corrected chi connectivity index (χ3v) is 3.90. The maximum absolute atomic E-state index is 12.6. The van der Waals surface area contributed by atoms with E-state index in [9.17, 15) is 13.2 Å². The van der Waals surface area contributed by atoms with Gasteiger partial charge in [-0.3, -0.25) is 0 Å². The summed E-state index contributed by atoms with van der Waals surface area (Å²) in [5.74, 6) is 0.488. The van der Waals surface area contributed by atoms with E-state index in [1.165, 1.54) is 24.4 Å². The Balaban J connectivity index is 1.78. The molecule has 1 aromatic carbocycles. The molecule has 3 rings (SSSR count). The predicted octanol–water partition coefficient (Wildman–Crippen LogP) is 5.16. The summed E-state index contributed by atoms with van der Waals surface area (Å²) in [4.78, 5) is 10.2. The number of anilines is 3. The molecule has 0 unspecified atom stereocenters. The molecule has 2 heterocycles. The minimum absolute atomic E-state index is 0.137. The Bertz CT molecular complexity index is 1010. The number of nitrogen functional groups attached to an aromatic ring is 1. The zero-order chi connectivity index (χ0) is 21.0. The smallest absolute Gasteiger partial charge is 0.439 e. The highest BCUT2D eigenvalue weighted by Gasteiger charge is 2.32. The van der Waals surface area contributed by atoms with Gasteiger partial charge in [0.15, 0.2) is 5.82 Å². The quantitative estimate of drug-likeness (QED) is 0.614. The molecule has 2 N–H and O–H groups in total. The van der Waals surface area contributed by atoms with Crippen LogP contribution < -0.4 is 20.1 Å². The standard InChI is InChI=1S/C20H17F3N4O2/c1-3-13-6-8-15(11-17(13)29-20(21,22)23)28-18-9-7-14(12-26-18)27(2)19-16(24)5-4-10-25-19/h3-12H,1,24H2,2H3. The normalized spacial score (nSPS) is 11.0. The number of rotatable bonds is 6. The fourth-order valence-electron chi connectivity index (χ4n) is 2.52. The molecule has 0 spiro atoms. The zero-order valence-electron chi connectivity index (χ0n) is 15.3. The fraction of sp³-hybridized carbons (Fsp3) is 0.100.